The number of aliphatic hydroxyl groups is 1. The molecule has 21 heteroatoms. The molecule has 2 aliphatic rings. The number of nitrogens with one attached hydrogen (secondary N) is 3. The molecule has 1 saturated heterocycles. The van der Waals surface area contributed by atoms with Crippen molar-refractivity contribution in [3.63, 3.8) is 0 Å². The van der Waals surface area contributed by atoms with Crippen molar-refractivity contribution in [2.45, 2.75) is 62.9 Å². The number of sulfonamides is 1. The van der Waals surface area contributed by atoms with E-state index in [2.05, 4.69) is 37.4 Å². The van der Waals surface area contributed by atoms with Crippen molar-refractivity contribution >= 4 is 44.3 Å². The highest BCUT2D eigenvalue weighted by atomic mass is 35.5. The fourth-order valence-electron chi connectivity index (χ4n) is 7.69. The highest BCUT2D eigenvalue weighted by molar-refractivity contribution is 7.92. The lowest BCUT2D eigenvalue weighted by molar-refractivity contribution is -0.142. The van der Waals surface area contributed by atoms with Gasteiger partial charge in [-0.15, -0.1) is 0 Å². The molecular weight excluding hydrogens is 845 g/mol. The molecule has 2 aromatic carbocycles. The number of β-amino-alcohol motifs (C(OH)–C–C–N with tert-alkyl or cyclic N) is 1. The molecule has 0 bridgehead atoms. The van der Waals surface area contributed by atoms with Gasteiger partial charge in [0.15, 0.2) is 11.5 Å². The van der Waals surface area contributed by atoms with Gasteiger partial charge in [0.25, 0.3) is 5.92 Å². The molecule has 1 aliphatic heterocycles. The number of hydrogen-bond donors (Lipinski definition) is 4. The molecule has 1 aliphatic carbocycles. The van der Waals surface area contributed by atoms with Crippen molar-refractivity contribution in [2.24, 2.45) is 13.0 Å². The number of aromatic nitrogens is 5. The van der Waals surface area contributed by atoms with Crippen LogP contribution in [-0.2, 0) is 53.4 Å². The quantitative estimate of drug-likeness (QED) is 0.104. The van der Waals surface area contributed by atoms with Crippen LogP contribution in [0, 0.1) is 29.4 Å². The minimum Gasteiger partial charge on any atom is -0.376 e. The number of amides is 1. The smallest absolute Gasteiger partial charge is 0.376 e. The van der Waals surface area contributed by atoms with Gasteiger partial charge in [0, 0.05) is 42.3 Å². The van der Waals surface area contributed by atoms with Crippen LogP contribution in [0.15, 0.2) is 42.5 Å². The molecule has 12 nitrogen and oxygen atoms in total. The Morgan fingerprint density at radius 1 is 1.12 bits per heavy atom. The van der Waals surface area contributed by atoms with Crippen molar-refractivity contribution in [1.29, 1.82) is 0 Å². The van der Waals surface area contributed by atoms with Crippen molar-refractivity contribution < 1.29 is 49.1 Å². The van der Waals surface area contributed by atoms with Crippen molar-refractivity contribution in [3.05, 3.63) is 93.0 Å². The first-order valence-electron chi connectivity index (χ1n) is 18.4. The Bertz CT molecular complexity index is 2680. The lowest BCUT2D eigenvalue weighted by Crippen LogP contribution is -2.44. The zero-order valence-corrected chi connectivity index (χ0v) is 33.6. The molecular formula is C39H36ClF7N8O4S. The second-order valence-corrected chi connectivity index (χ2v) is 17.2. The molecule has 1 amide bonds. The maximum atomic E-state index is 15.4. The minimum atomic E-state index is -5.11. The summed E-state index contributed by atoms with van der Waals surface area (Å²) in [5.74, 6) is -2.80. The first kappa shape index (κ1) is 42.9. The van der Waals surface area contributed by atoms with Crippen LogP contribution >= 0.6 is 11.6 Å². The standard InChI is InChI=1S/C39H36ClF7N8O4S/c1-20-13-27-34(39(45,46)47)51-55(35(27)38(20,43)44)18-30(56)50-29(16-21-14-22(41)17-23(42)15-21)32-25(6-5-24(49-32)9-11-37(57)10-4-12-48-19-37)26-7-8-28(40)31-33(26)54(2)52-36(31)53-60(3,58)59/h5-8,14-15,17,20,29,48,57H,4,10,12-13,16,18-19H2,1-3H3,(H,50,56)(H,52,53)/t20-,29+,37?/m1/s1. The molecule has 1 fully saturated rings. The third-order valence-corrected chi connectivity index (χ3v) is 11.2. The zero-order chi connectivity index (χ0) is 43.5. The topological polar surface area (TPSA) is 156 Å². The Kier molecular flexibility index (Phi) is 11.2. The Morgan fingerprint density at radius 2 is 1.82 bits per heavy atom. The van der Waals surface area contributed by atoms with Gasteiger partial charge in [-0.2, -0.15) is 32.1 Å². The molecule has 60 heavy (non-hydrogen) atoms. The Hall–Kier alpha value is -5.23. The third kappa shape index (κ3) is 8.66. The number of piperidine rings is 1. The summed E-state index contributed by atoms with van der Waals surface area (Å²) in [6.45, 7) is 0.801. The van der Waals surface area contributed by atoms with E-state index in [-0.39, 0.29) is 50.8 Å². The summed E-state index contributed by atoms with van der Waals surface area (Å²) in [6.07, 6.45) is -4.26. The first-order valence-corrected chi connectivity index (χ1v) is 20.7. The van der Waals surface area contributed by atoms with Crippen molar-refractivity contribution in [1.82, 2.24) is 35.2 Å². The second-order valence-electron chi connectivity index (χ2n) is 15.0. The number of pyridine rings is 1. The van der Waals surface area contributed by atoms with E-state index >= 15 is 8.78 Å². The van der Waals surface area contributed by atoms with Gasteiger partial charge in [-0.25, -0.2) is 22.2 Å². The van der Waals surface area contributed by atoms with E-state index in [0.29, 0.717) is 35.7 Å². The minimum absolute atomic E-state index is 0.00856. The number of benzene rings is 2. The summed E-state index contributed by atoms with van der Waals surface area (Å²) < 4.78 is 131. The molecule has 4 heterocycles. The monoisotopic (exact) mass is 880 g/mol. The van der Waals surface area contributed by atoms with E-state index in [4.69, 9.17) is 16.6 Å². The Morgan fingerprint density at radius 3 is 2.47 bits per heavy atom. The summed E-state index contributed by atoms with van der Waals surface area (Å²) >= 11 is 6.59. The highest BCUT2D eigenvalue weighted by Gasteiger charge is 2.54. The molecule has 0 radical (unpaired) electrons. The number of fused-ring (bicyclic) bond motifs is 2. The number of carbonyl (C=O) groups excluding carboxylic acids is 1. The fraction of sp³-hybridized carbons (Fsp3) is 0.385. The van der Waals surface area contributed by atoms with E-state index in [9.17, 15) is 40.3 Å². The molecule has 4 N–H and O–H groups in total. The maximum absolute atomic E-state index is 15.4. The number of halogens is 8. The Labute approximate surface area is 343 Å². The molecule has 3 atom stereocenters. The number of rotatable bonds is 9. The van der Waals surface area contributed by atoms with E-state index in [1.54, 1.807) is 6.07 Å². The number of anilines is 1. The second kappa shape index (κ2) is 15.7. The summed E-state index contributed by atoms with van der Waals surface area (Å²) in [5.41, 5.74) is -3.94. The molecule has 3 aromatic heterocycles. The lowest BCUT2D eigenvalue weighted by Gasteiger charge is -2.27. The van der Waals surface area contributed by atoms with Gasteiger partial charge in [0.05, 0.1) is 33.9 Å². The largest absolute Gasteiger partial charge is 0.435 e. The normalized spacial score (nSPS) is 19.4. The van der Waals surface area contributed by atoms with Gasteiger partial charge in [-0.3, -0.25) is 18.9 Å². The summed E-state index contributed by atoms with van der Waals surface area (Å²) in [4.78, 5) is 18.7. The average molecular weight is 881 g/mol. The van der Waals surface area contributed by atoms with Gasteiger partial charge in [-0.05, 0) is 74.0 Å². The van der Waals surface area contributed by atoms with Crippen LogP contribution < -0.4 is 15.4 Å². The highest BCUT2D eigenvalue weighted by Crippen LogP contribution is 2.49. The number of aryl methyl sites for hydroxylation is 1. The van der Waals surface area contributed by atoms with Crippen molar-refractivity contribution in [2.75, 3.05) is 24.1 Å². The lowest BCUT2D eigenvalue weighted by atomic mass is 9.93. The summed E-state index contributed by atoms with van der Waals surface area (Å²) in [5, 5.41) is 24.8. The van der Waals surface area contributed by atoms with Crippen LogP contribution in [0.4, 0.5) is 36.6 Å². The van der Waals surface area contributed by atoms with Gasteiger partial charge < -0.3 is 15.7 Å². The van der Waals surface area contributed by atoms with Gasteiger partial charge in [0.1, 0.15) is 35.2 Å². The van der Waals surface area contributed by atoms with Crippen LogP contribution in [0.25, 0.3) is 22.0 Å². The van der Waals surface area contributed by atoms with E-state index < -0.39 is 93.6 Å². The SMILES string of the molecule is C[C@@H]1Cc2c(C(F)(F)F)nn(CC(=O)N[C@@H](Cc3cc(F)cc(F)c3)c3nc(C#CC4(O)CCCNC4)ccc3-c3ccc(Cl)c4c(NS(C)(=O)=O)nn(C)c34)c2C1(F)F. The van der Waals surface area contributed by atoms with Gasteiger partial charge in [0.2, 0.25) is 15.9 Å². The number of hydrogen-bond acceptors (Lipinski definition) is 8. The van der Waals surface area contributed by atoms with Crippen LogP contribution in [0.2, 0.25) is 5.02 Å². The van der Waals surface area contributed by atoms with Gasteiger partial charge >= 0.3 is 6.18 Å². The number of nitrogens with zero attached hydrogens (tertiary/aromatic N) is 5. The first-order chi connectivity index (χ1) is 28.0. The number of alkyl halides is 5. The average Bonchev–Trinajstić information content (AvgIpc) is 3.74. The predicted molar refractivity (Wildman–Crippen MR) is 206 cm³/mol. The molecule has 0 saturated carbocycles. The van der Waals surface area contributed by atoms with Crippen LogP contribution in [0.3, 0.4) is 0 Å². The van der Waals surface area contributed by atoms with Crippen molar-refractivity contribution in [3.8, 4) is 23.0 Å². The zero-order valence-electron chi connectivity index (χ0n) is 32.0. The fourth-order valence-corrected chi connectivity index (χ4v) is 8.42. The van der Waals surface area contributed by atoms with E-state index in [1.807, 2.05) is 0 Å². The van der Waals surface area contributed by atoms with Gasteiger partial charge in [-0.1, -0.05) is 30.5 Å². The predicted octanol–water partition coefficient (Wildman–Crippen LogP) is 6.00. The Balaban J connectivity index is 1.40. The van der Waals surface area contributed by atoms with Crippen LogP contribution in [-0.4, -0.2) is 68.9 Å². The van der Waals surface area contributed by atoms with E-state index in [0.717, 1.165) is 25.3 Å². The summed E-state index contributed by atoms with van der Waals surface area (Å²) in [7, 11) is -2.36. The van der Waals surface area contributed by atoms with Crippen LogP contribution in [0.5, 0.6) is 0 Å². The molecule has 7 rings (SSSR count). The van der Waals surface area contributed by atoms with E-state index in [1.165, 1.54) is 29.9 Å². The maximum Gasteiger partial charge on any atom is 0.435 e. The summed E-state index contributed by atoms with van der Waals surface area (Å²) in [6, 6.07) is 7.21. The molecule has 0 spiro atoms. The number of carbonyl (C=O) groups is 1. The molecule has 1 unspecified atom stereocenters. The van der Waals surface area contributed by atoms with Crippen LogP contribution in [0.1, 0.15) is 59.7 Å². The third-order valence-electron chi connectivity index (χ3n) is 10.3. The molecule has 5 aromatic rings. The molecule has 318 valence electrons.